The normalized spacial score (nSPS) is 19.2. The van der Waals surface area contributed by atoms with Crippen LogP contribution in [0.4, 0.5) is 4.79 Å². The number of carbonyl (C=O) groups excluding carboxylic acids is 3. The van der Waals surface area contributed by atoms with Gasteiger partial charge in [0.1, 0.15) is 5.54 Å². The van der Waals surface area contributed by atoms with E-state index in [2.05, 4.69) is 10.1 Å². The zero-order valence-corrected chi connectivity index (χ0v) is 17.0. The Morgan fingerprint density at radius 2 is 1.97 bits per heavy atom. The van der Waals surface area contributed by atoms with Crippen molar-refractivity contribution in [2.24, 2.45) is 5.92 Å². The monoisotopic (exact) mass is 398 g/mol. The maximum absolute atomic E-state index is 13.1. The van der Waals surface area contributed by atoms with Gasteiger partial charge >= 0.3 is 6.03 Å². The second-order valence-electron chi connectivity index (χ2n) is 8.10. The molecule has 0 unspecified atom stereocenters. The van der Waals surface area contributed by atoms with Gasteiger partial charge < -0.3 is 9.80 Å². The predicted octanol–water partition coefficient (Wildman–Crippen LogP) is 1.64. The van der Waals surface area contributed by atoms with Crippen molar-refractivity contribution >= 4 is 23.5 Å². The third kappa shape index (κ3) is 2.95. The maximum atomic E-state index is 13.1. The van der Waals surface area contributed by atoms with E-state index in [4.69, 9.17) is 0 Å². The van der Waals surface area contributed by atoms with Gasteiger partial charge in [-0.2, -0.15) is 5.10 Å². The standard InChI is InChI=1S/C20H26N6O3/c1-4-24-18(28)20(25(19(24)29)13-14(2)3)7-10-23(11-8-20)17(27)15-12-21-16-6-5-9-22-26(15)16/h5-6,9,12,14H,4,7-8,10-11,13H2,1-3H3. The Morgan fingerprint density at radius 1 is 1.24 bits per heavy atom. The largest absolute Gasteiger partial charge is 0.337 e. The molecule has 9 heteroatoms. The number of amides is 4. The second kappa shape index (κ2) is 7.13. The number of fused-ring (bicyclic) bond motifs is 1. The fourth-order valence-corrected chi connectivity index (χ4v) is 4.38. The average molecular weight is 398 g/mol. The zero-order chi connectivity index (χ0) is 20.8. The van der Waals surface area contributed by atoms with Crippen LogP contribution in [0.1, 0.15) is 44.1 Å². The van der Waals surface area contributed by atoms with Gasteiger partial charge in [-0.05, 0) is 37.8 Å². The molecule has 0 bridgehead atoms. The first-order valence-corrected chi connectivity index (χ1v) is 10.1. The van der Waals surface area contributed by atoms with Gasteiger partial charge in [-0.3, -0.25) is 14.5 Å². The molecule has 0 aromatic carbocycles. The van der Waals surface area contributed by atoms with Crippen LogP contribution in [-0.2, 0) is 4.79 Å². The highest BCUT2D eigenvalue weighted by molar-refractivity contribution is 6.07. The summed E-state index contributed by atoms with van der Waals surface area (Å²) in [5.74, 6) is -0.0378. The molecule has 2 aliphatic heterocycles. The maximum Gasteiger partial charge on any atom is 0.327 e. The van der Waals surface area contributed by atoms with Crippen molar-refractivity contribution in [3.8, 4) is 0 Å². The molecule has 0 radical (unpaired) electrons. The fourth-order valence-electron chi connectivity index (χ4n) is 4.38. The molecule has 0 saturated carbocycles. The van der Waals surface area contributed by atoms with Crippen molar-refractivity contribution in [2.45, 2.75) is 39.2 Å². The summed E-state index contributed by atoms with van der Waals surface area (Å²) in [6.45, 7) is 7.61. The van der Waals surface area contributed by atoms with Gasteiger partial charge in [-0.25, -0.2) is 14.3 Å². The van der Waals surface area contributed by atoms with Gasteiger partial charge in [0.15, 0.2) is 11.3 Å². The van der Waals surface area contributed by atoms with Gasteiger partial charge in [0.05, 0.1) is 6.20 Å². The summed E-state index contributed by atoms with van der Waals surface area (Å²) in [7, 11) is 0. The fraction of sp³-hybridized carbons (Fsp3) is 0.550. The van der Waals surface area contributed by atoms with Gasteiger partial charge in [0.25, 0.3) is 11.8 Å². The lowest BCUT2D eigenvalue weighted by Gasteiger charge is -2.42. The molecule has 2 aromatic heterocycles. The Bertz CT molecular complexity index is 960. The van der Waals surface area contributed by atoms with E-state index in [-0.39, 0.29) is 23.8 Å². The van der Waals surface area contributed by atoms with Gasteiger partial charge in [0, 0.05) is 32.4 Å². The van der Waals surface area contributed by atoms with Gasteiger partial charge in [-0.1, -0.05) is 13.8 Å². The van der Waals surface area contributed by atoms with Crippen LogP contribution in [0.2, 0.25) is 0 Å². The number of aromatic nitrogens is 3. The number of piperidine rings is 1. The predicted molar refractivity (Wildman–Crippen MR) is 105 cm³/mol. The molecule has 1 spiro atoms. The topological polar surface area (TPSA) is 91.1 Å². The van der Waals surface area contributed by atoms with E-state index in [1.165, 1.54) is 15.6 Å². The SMILES string of the molecule is CCN1C(=O)N(CC(C)C)C2(CCN(C(=O)c3cnc4cccnn34)CC2)C1=O. The van der Waals surface area contributed by atoms with Crippen LogP contribution in [0, 0.1) is 5.92 Å². The molecule has 0 aliphatic carbocycles. The van der Waals surface area contributed by atoms with Crippen molar-refractivity contribution in [2.75, 3.05) is 26.2 Å². The highest BCUT2D eigenvalue weighted by atomic mass is 16.2. The number of imide groups is 1. The molecular formula is C20H26N6O3. The molecule has 4 heterocycles. The summed E-state index contributed by atoms with van der Waals surface area (Å²) in [4.78, 5) is 48.1. The Hall–Kier alpha value is -2.97. The lowest BCUT2D eigenvalue weighted by atomic mass is 9.85. The minimum atomic E-state index is -0.841. The summed E-state index contributed by atoms with van der Waals surface area (Å²) >= 11 is 0. The van der Waals surface area contributed by atoms with Crippen molar-refractivity contribution in [3.05, 3.63) is 30.2 Å². The summed E-state index contributed by atoms with van der Waals surface area (Å²) < 4.78 is 1.53. The van der Waals surface area contributed by atoms with E-state index in [1.54, 1.807) is 28.1 Å². The lowest BCUT2D eigenvalue weighted by molar-refractivity contribution is -0.135. The first kappa shape index (κ1) is 19.4. The molecule has 0 N–H and O–H groups in total. The Labute approximate surface area is 169 Å². The number of hydrogen-bond donors (Lipinski definition) is 0. The zero-order valence-electron chi connectivity index (χ0n) is 17.0. The molecular weight excluding hydrogens is 372 g/mol. The molecule has 2 aromatic rings. The molecule has 4 rings (SSSR count). The van der Waals surface area contributed by atoms with Crippen molar-refractivity contribution < 1.29 is 14.4 Å². The summed E-state index contributed by atoms with van der Waals surface area (Å²) in [6, 6.07) is 3.35. The van der Waals surface area contributed by atoms with E-state index >= 15 is 0 Å². The number of likely N-dealkylation sites (N-methyl/N-ethyl adjacent to an activating group) is 1. The lowest BCUT2D eigenvalue weighted by Crippen LogP contribution is -2.58. The van der Waals surface area contributed by atoms with Gasteiger partial charge in [0.2, 0.25) is 0 Å². The number of rotatable bonds is 4. The molecule has 2 aliphatic rings. The van der Waals surface area contributed by atoms with Crippen LogP contribution in [0.15, 0.2) is 24.5 Å². The first-order valence-electron chi connectivity index (χ1n) is 10.1. The molecule has 9 nitrogen and oxygen atoms in total. The summed E-state index contributed by atoms with van der Waals surface area (Å²) in [5, 5.41) is 4.21. The number of likely N-dealkylation sites (tertiary alicyclic amines) is 1. The van der Waals surface area contributed by atoms with E-state index in [1.807, 2.05) is 20.8 Å². The number of nitrogens with zero attached hydrogens (tertiary/aromatic N) is 6. The highest BCUT2D eigenvalue weighted by Gasteiger charge is 2.57. The van der Waals surface area contributed by atoms with Crippen LogP contribution >= 0.6 is 0 Å². The molecule has 4 amide bonds. The average Bonchev–Trinajstić information content (AvgIpc) is 3.22. The summed E-state index contributed by atoms with van der Waals surface area (Å²) in [5.41, 5.74) is 0.175. The number of carbonyl (C=O) groups is 3. The quantitative estimate of drug-likeness (QED) is 0.731. The molecule has 0 atom stereocenters. The van der Waals surface area contributed by atoms with Crippen LogP contribution in [-0.4, -0.2) is 78.9 Å². The van der Waals surface area contributed by atoms with Crippen LogP contribution in [0.25, 0.3) is 5.65 Å². The minimum absolute atomic E-state index is 0.130. The number of imidazole rings is 1. The molecule has 2 saturated heterocycles. The first-order chi connectivity index (χ1) is 13.9. The molecule has 29 heavy (non-hydrogen) atoms. The third-order valence-corrected chi connectivity index (χ3v) is 5.86. The number of hydrogen-bond acceptors (Lipinski definition) is 5. The van der Waals surface area contributed by atoms with Crippen molar-refractivity contribution in [1.29, 1.82) is 0 Å². The smallest absolute Gasteiger partial charge is 0.327 e. The molecule has 154 valence electrons. The summed E-state index contributed by atoms with van der Waals surface area (Å²) in [6.07, 6.45) is 4.03. The van der Waals surface area contributed by atoms with Crippen LogP contribution < -0.4 is 0 Å². The highest BCUT2D eigenvalue weighted by Crippen LogP contribution is 2.38. The van der Waals surface area contributed by atoms with E-state index in [0.717, 1.165) is 0 Å². The van der Waals surface area contributed by atoms with E-state index in [0.29, 0.717) is 50.4 Å². The second-order valence-corrected chi connectivity index (χ2v) is 8.10. The van der Waals surface area contributed by atoms with Crippen molar-refractivity contribution in [3.63, 3.8) is 0 Å². The minimum Gasteiger partial charge on any atom is -0.337 e. The number of urea groups is 1. The Kier molecular flexibility index (Phi) is 4.76. The molecule has 2 fully saturated rings. The van der Waals surface area contributed by atoms with Crippen molar-refractivity contribution in [1.82, 2.24) is 29.3 Å². The van der Waals surface area contributed by atoms with Gasteiger partial charge in [-0.15, -0.1) is 0 Å². The third-order valence-electron chi connectivity index (χ3n) is 5.86. The Morgan fingerprint density at radius 3 is 2.62 bits per heavy atom. The van der Waals surface area contributed by atoms with Crippen LogP contribution in [0.3, 0.4) is 0 Å². The Balaban J connectivity index is 1.56. The van der Waals surface area contributed by atoms with E-state index in [9.17, 15) is 14.4 Å². The van der Waals surface area contributed by atoms with E-state index < -0.39 is 5.54 Å². The van der Waals surface area contributed by atoms with Crippen LogP contribution in [0.5, 0.6) is 0 Å².